The number of rotatable bonds is 4. The Morgan fingerprint density at radius 2 is 1.26 bits per heavy atom. The average Bonchev–Trinajstić information content (AvgIpc) is 3.77. The average molecular weight is 546 g/mol. The van der Waals surface area contributed by atoms with Gasteiger partial charge >= 0.3 is 203 Å². The van der Waals surface area contributed by atoms with E-state index in [4.69, 9.17) is 9.97 Å². The molecule has 12 heterocycles. The summed E-state index contributed by atoms with van der Waals surface area (Å²) in [6.45, 7) is 11.6. The molecule has 10 saturated heterocycles. The van der Waals surface area contributed by atoms with Crippen LogP contribution in [0.3, 0.4) is 0 Å². The quantitative estimate of drug-likeness (QED) is 0.300. The first kappa shape index (κ1) is 18.7. The van der Waals surface area contributed by atoms with Gasteiger partial charge in [0.25, 0.3) is 0 Å². The van der Waals surface area contributed by atoms with Crippen LogP contribution in [0.25, 0.3) is 0 Å². The van der Waals surface area contributed by atoms with Crippen molar-refractivity contribution in [3.8, 4) is 0 Å². The van der Waals surface area contributed by atoms with Crippen molar-refractivity contribution in [3.05, 3.63) is 48.6 Å². The molecule has 2 aromatic rings. The van der Waals surface area contributed by atoms with Crippen molar-refractivity contribution in [3.63, 3.8) is 0 Å². The first-order valence-corrected chi connectivity index (χ1v) is 20.9. The summed E-state index contributed by atoms with van der Waals surface area (Å²) >= 11 is 0. The van der Waals surface area contributed by atoms with E-state index in [2.05, 4.69) is 82.4 Å². The second-order valence-electron chi connectivity index (χ2n) is 17.7. The minimum atomic E-state index is -4.38. The Morgan fingerprint density at radius 1 is 0.771 bits per heavy atom. The monoisotopic (exact) mass is 546 g/mol. The fraction of sp³-hybridized carbons (Fsp3) is 0.714. The van der Waals surface area contributed by atoms with Crippen LogP contribution >= 0.6 is 18.5 Å². The van der Waals surface area contributed by atoms with Crippen LogP contribution < -0.4 is 0 Å². The van der Waals surface area contributed by atoms with Gasteiger partial charge in [0.05, 0.1) is 0 Å². The van der Waals surface area contributed by atoms with E-state index >= 15 is 0 Å². The molecular formula is C28H36FeN4P2. The third-order valence-electron chi connectivity index (χ3n) is 20.4. The van der Waals surface area contributed by atoms with E-state index in [0.717, 1.165) is 40.3 Å². The van der Waals surface area contributed by atoms with E-state index in [-0.39, 0.29) is 5.16 Å². The van der Waals surface area contributed by atoms with Crippen molar-refractivity contribution in [1.29, 1.82) is 0 Å². The molecule has 0 N–H and O–H groups in total. The molecule has 2 aromatic heterocycles. The second kappa shape index (κ2) is 2.40. The zero-order valence-electron chi connectivity index (χ0n) is 21.4. The summed E-state index contributed by atoms with van der Waals surface area (Å²) in [7, 11) is 6.90. The van der Waals surface area contributed by atoms with Gasteiger partial charge in [-0.1, -0.05) is 0 Å². The van der Waals surface area contributed by atoms with Crippen molar-refractivity contribution < 1.29 is 6.51 Å². The first-order chi connectivity index (χ1) is 16.2. The summed E-state index contributed by atoms with van der Waals surface area (Å²) in [5.41, 5.74) is 2.95. The molecule has 0 amide bonds. The van der Waals surface area contributed by atoms with Crippen LogP contribution in [0.4, 0.5) is 0 Å². The molecule has 12 rings (SSSR count). The van der Waals surface area contributed by atoms with E-state index in [0.29, 0.717) is 28.1 Å². The van der Waals surface area contributed by atoms with Crippen LogP contribution in [0.15, 0.2) is 37.2 Å². The molecule has 35 heavy (non-hydrogen) atoms. The molecule has 1 spiro atoms. The van der Waals surface area contributed by atoms with Crippen molar-refractivity contribution in [1.82, 2.24) is 19.9 Å². The van der Waals surface area contributed by atoms with Gasteiger partial charge in [0.15, 0.2) is 0 Å². The molecule has 0 aliphatic carbocycles. The molecule has 7 atom stereocenters. The summed E-state index contributed by atoms with van der Waals surface area (Å²) < 4.78 is 2.03. The molecule has 0 radical (unpaired) electrons. The molecule has 186 valence electrons. The molecular weight excluding hydrogens is 510 g/mol. The Hall–Kier alpha value is -0.461. The predicted octanol–water partition coefficient (Wildman–Crippen LogP) is 7.22. The number of hydrogen-bond donors (Lipinski definition) is 0. The summed E-state index contributed by atoms with van der Waals surface area (Å²) in [5.74, 6) is 0. The van der Waals surface area contributed by atoms with Crippen LogP contribution in [0.1, 0.15) is 52.9 Å². The molecule has 10 aliphatic heterocycles. The number of aromatic nitrogens is 4. The molecule has 4 nitrogen and oxygen atoms in total. The Labute approximate surface area is 202 Å². The number of hydrogen-bond acceptors (Lipinski definition) is 4. The van der Waals surface area contributed by atoms with Gasteiger partial charge in [0.2, 0.25) is 0 Å². The van der Waals surface area contributed by atoms with Gasteiger partial charge in [0, 0.05) is 0 Å². The molecule has 7 heteroatoms. The van der Waals surface area contributed by atoms with Gasteiger partial charge in [0.1, 0.15) is 0 Å². The van der Waals surface area contributed by atoms with E-state index in [1.165, 1.54) is 6.16 Å². The van der Waals surface area contributed by atoms with Crippen LogP contribution in [0.5, 0.6) is 0 Å². The van der Waals surface area contributed by atoms with Crippen LogP contribution in [0, 0.1) is 10.8 Å². The number of fused-ring (bicyclic) bond motifs is 10. The number of nitrogens with zero attached hydrogens (tertiary/aromatic N) is 4. The first-order valence-electron chi connectivity index (χ1n) is 13.5. The summed E-state index contributed by atoms with van der Waals surface area (Å²) in [5, 5.41) is -0.294. The summed E-state index contributed by atoms with van der Waals surface area (Å²) in [6, 6.07) is 0. The maximum absolute atomic E-state index is 5.14. The zero-order valence-corrected chi connectivity index (χ0v) is 24.8. The standard InChI is InChI=1S/C23H31N4P2.C5H5.Fe/c1-21(2,3)16-11-15(14-28)19(20(16)22(4,5)6)23(29,17-12-24-7-9-26-17)18-13-25-8-10-27-18;1-2-4-5-3-1;/h7-13H,14,28-29H2,1-6H3;1-5H;. The Kier molecular flexibility index (Phi) is 1.29. The van der Waals surface area contributed by atoms with Crippen LogP contribution in [-0.2, 0) is 11.7 Å². The van der Waals surface area contributed by atoms with Gasteiger partial charge in [-0.15, -0.1) is 0 Å². The Balaban J connectivity index is 1.37. The Morgan fingerprint density at radius 3 is 1.57 bits per heavy atom. The Bertz CT molecular complexity index is 1840. The molecule has 10 fully saturated rings. The normalized spacial score (nSPS) is 71.8. The van der Waals surface area contributed by atoms with E-state index in [1.54, 1.807) is 0 Å². The fourth-order valence-electron chi connectivity index (χ4n) is 25.5. The SMILES string of the molecule is CC(C)(C)[C]12[CH]3[C]4(CP)[C]5(C(P)(c6cnccn6)c6cnccn6)[C]1(C(C)(C)C)[Fe]34251678[CH]2[CH]1[CH]6[CH]7[CH]28. The summed E-state index contributed by atoms with van der Waals surface area (Å²) in [4.78, 5) is 26.3. The van der Waals surface area contributed by atoms with E-state index < -0.39 is 6.51 Å². The van der Waals surface area contributed by atoms with Crippen LogP contribution in [0.2, 0.25) is 46.2 Å². The summed E-state index contributed by atoms with van der Waals surface area (Å²) in [6.07, 6.45) is 13.0. The van der Waals surface area contributed by atoms with Gasteiger partial charge in [-0.2, -0.15) is 0 Å². The predicted molar refractivity (Wildman–Crippen MR) is 141 cm³/mol. The topological polar surface area (TPSA) is 51.6 Å². The van der Waals surface area contributed by atoms with E-state index in [1.807, 2.05) is 24.8 Å². The zero-order chi connectivity index (χ0) is 24.2. The minimum absolute atomic E-state index is 0.291. The third kappa shape index (κ3) is 0.342. The molecule has 0 aromatic carbocycles. The van der Waals surface area contributed by atoms with Crippen molar-refractivity contribution in [2.75, 3.05) is 6.16 Å². The second-order valence-corrected chi connectivity index (χ2v) is 41.7. The molecule has 0 bridgehead atoms. The van der Waals surface area contributed by atoms with Crippen LogP contribution in [-0.4, -0.2) is 26.1 Å². The van der Waals surface area contributed by atoms with Gasteiger partial charge in [-0.3, -0.25) is 0 Å². The van der Waals surface area contributed by atoms with Gasteiger partial charge < -0.3 is 0 Å². The van der Waals surface area contributed by atoms with Crippen molar-refractivity contribution in [2.45, 2.75) is 92.9 Å². The van der Waals surface area contributed by atoms with Crippen molar-refractivity contribution in [2.24, 2.45) is 10.8 Å². The molecule has 0 saturated carbocycles. The molecule has 7 unspecified atom stereocenters. The van der Waals surface area contributed by atoms with Crippen molar-refractivity contribution >= 4 is 18.5 Å². The third-order valence-corrected chi connectivity index (χ3v) is 68.1. The van der Waals surface area contributed by atoms with Gasteiger partial charge in [-0.05, 0) is 0 Å². The molecule has 10 aliphatic rings. The van der Waals surface area contributed by atoms with E-state index in [9.17, 15) is 0 Å². The fourth-order valence-corrected chi connectivity index (χ4v) is 120. The van der Waals surface area contributed by atoms with Gasteiger partial charge in [-0.25, -0.2) is 0 Å². The maximum atomic E-state index is 5.14.